The summed E-state index contributed by atoms with van der Waals surface area (Å²) in [6.45, 7) is 11.9. The van der Waals surface area contributed by atoms with E-state index in [4.69, 9.17) is 23.2 Å². The van der Waals surface area contributed by atoms with Crippen molar-refractivity contribution >= 4 is 23.2 Å². The molecule has 1 aliphatic rings. The number of likely N-dealkylation sites (N-methyl/N-ethyl adjacent to an activating group) is 1. The minimum atomic E-state index is 0.780. The Bertz CT molecular complexity index is 404. The van der Waals surface area contributed by atoms with Gasteiger partial charge in [-0.05, 0) is 56.6 Å². The van der Waals surface area contributed by atoms with Crippen LogP contribution in [-0.4, -0.2) is 49.6 Å². The lowest BCUT2D eigenvalue weighted by Gasteiger charge is -2.32. The number of nitrogens with zero attached hydrogens (tertiary/aromatic N) is 2. The zero-order chi connectivity index (χ0) is 15.8. The first-order chi connectivity index (χ1) is 10.1. The van der Waals surface area contributed by atoms with Crippen LogP contribution in [0.1, 0.15) is 31.4 Å². The highest BCUT2D eigenvalue weighted by atomic mass is 35.5. The van der Waals surface area contributed by atoms with Crippen LogP contribution in [-0.2, 0) is 6.42 Å². The largest absolute Gasteiger partial charge is 0.304 e. The van der Waals surface area contributed by atoms with Crippen LogP contribution in [0, 0.1) is 6.92 Å². The van der Waals surface area contributed by atoms with Gasteiger partial charge in [-0.3, -0.25) is 0 Å². The Kier molecular flexibility index (Phi) is 8.65. The van der Waals surface area contributed by atoms with E-state index in [1.54, 1.807) is 0 Å². The van der Waals surface area contributed by atoms with Crippen molar-refractivity contribution in [2.24, 2.45) is 0 Å². The van der Waals surface area contributed by atoms with Gasteiger partial charge in [0.05, 0.1) is 0 Å². The van der Waals surface area contributed by atoms with E-state index in [1.807, 2.05) is 32.9 Å². The van der Waals surface area contributed by atoms with Gasteiger partial charge in [0, 0.05) is 36.2 Å². The highest BCUT2D eigenvalue weighted by Gasteiger charge is 2.13. The van der Waals surface area contributed by atoms with E-state index in [9.17, 15) is 0 Å². The van der Waals surface area contributed by atoms with E-state index in [1.165, 1.54) is 38.2 Å². The Morgan fingerprint density at radius 1 is 1.00 bits per heavy atom. The van der Waals surface area contributed by atoms with Crippen LogP contribution in [0.4, 0.5) is 0 Å². The first kappa shape index (κ1) is 18.8. The van der Waals surface area contributed by atoms with Crippen molar-refractivity contribution in [2.75, 3.05) is 39.8 Å². The molecule has 2 nitrogen and oxygen atoms in total. The van der Waals surface area contributed by atoms with E-state index < -0.39 is 0 Å². The number of rotatable bonds is 4. The average Bonchev–Trinajstić information content (AvgIpc) is 2.49. The van der Waals surface area contributed by atoms with Gasteiger partial charge in [0.2, 0.25) is 0 Å². The molecule has 1 saturated heterocycles. The summed E-state index contributed by atoms with van der Waals surface area (Å²) in [5, 5.41) is 1.56. The number of hydrogen-bond donors (Lipinski definition) is 0. The molecule has 0 unspecified atom stereocenters. The summed E-state index contributed by atoms with van der Waals surface area (Å²) >= 11 is 12.3. The molecule has 0 atom stereocenters. The summed E-state index contributed by atoms with van der Waals surface area (Å²) in [6.07, 6.45) is 2.21. The highest BCUT2D eigenvalue weighted by molar-refractivity contribution is 6.36. The second kappa shape index (κ2) is 9.68. The van der Waals surface area contributed by atoms with Gasteiger partial charge in [-0.2, -0.15) is 0 Å². The van der Waals surface area contributed by atoms with Gasteiger partial charge < -0.3 is 9.80 Å². The summed E-state index contributed by atoms with van der Waals surface area (Å²) in [5.74, 6) is 0. The molecular weight excluding hydrogens is 303 g/mol. The van der Waals surface area contributed by atoms with Crippen molar-refractivity contribution in [1.82, 2.24) is 9.80 Å². The van der Waals surface area contributed by atoms with E-state index in [-0.39, 0.29) is 0 Å². The maximum absolute atomic E-state index is 6.16. The predicted octanol–water partition coefficient (Wildman–Crippen LogP) is 4.51. The van der Waals surface area contributed by atoms with Crippen molar-refractivity contribution in [3.8, 4) is 0 Å². The van der Waals surface area contributed by atoms with E-state index >= 15 is 0 Å². The van der Waals surface area contributed by atoms with Gasteiger partial charge >= 0.3 is 0 Å². The SMILES string of the molecule is CC.Cc1c(Cl)cc(CCCN2CCN(C)CC2)cc1Cl. The fraction of sp³-hybridized carbons (Fsp3) is 0.647. The zero-order valence-corrected chi connectivity index (χ0v) is 15.3. The molecule has 1 aromatic carbocycles. The Hall–Kier alpha value is -0.280. The number of halogens is 2. The summed E-state index contributed by atoms with van der Waals surface area (Å²) in [5.41, 5.74) is 2.22. The molecule has 4 heteroatoms. The molecule has 21 heavy (non-hydrogen) atoms. The first-order valence-electron chi connectivity index (χ1n) is 7.91. The third-order valence-electron chi connectivity index (χ3n) is 3.88. The maximum Gasteiger partial charge on any atom is 0.0452 e. The summed E-state index contributed by atoms with van der Waals surface area (Å²) in [7, 11) is 2.19. The Morgan fingerprint density at radius 2 is 1.52 bits per heavy atom. The normalized spacial score (nSPS) is 16.5. The van der Waals surface area contributed by atoms with Crippen LogP contribution in [0.15, 0.2) is 12.1 Å². The molecule has 1 aromatic rings. The standard InChI is InChI=1S/C15H22Cl2N2.C2H6/c1-12-14(16)10-13(11-15(12)17)4-3-5-19-8-6-18(2)7-9-19;1-2/h10-11H,3-9H2,1-2H3;1-2H3. The Morgan fingerprint density at radius 3 is 2.05 bits per heavy atom. The zero-order valence-electron chi connectivity index (χ0n) is 13.8. The Labute approximate surface area is 140 Å². The number of piperazine rings is 1. The van der Waals surface area contributed by atoms with Crippen molar-refractivity contribution < 1.29 is 0 Å². The van der Waals surface area contributed by atoms with Gasteiger partial charge in [0.25, 0.3) is 0 Å². The van der Waals surface area contributed by atoms with E-state index in [0.717, 1.165) is 28.6 Å². The monoisotopic (exact) mass is 330 g/mol. The van der Waals surface area contributed by atoms with Crippen molar-refractivity contribution in [2.45, 2.75) is 33.6 Å². The minimum absolute atomic E-state index is 0.780. The lowest BCUT2D eigenvalue weighted by molar-refractivity contribution is 0.153. The third-order valence-corrected chi connectivity index (χ3v) is 4.66. The summed E-state index contributed by atoms with van der Waals surface area (Å²) in [4.78, 5) is 4.92. The van der Waals surface area contributed by atoms with Gasteiger partial charge in [-0.15, -0.1) is 0 Å². The Balaban J connectivity index is 0.00000106. The molecule has 1 heterocycles. The predicted molar refractivity (Wildman–Crippen MR) is 94.8 cm³/mol. The fourth-order valence-electron chi connectivity index (χ4n) is 2.42. The van der Waals surface area contributed by atoms with Crippen LogP contribution in [0.3, 0.4) is 0 Å². The molecule has 0 aliphatic carbocycles. The number of hydrogen-bond acceptors (Lipinski definition) is 2. The molecule has 0 radical (unpaired) electrons. The molecule has 0 spiro atoms. The van der Waals surface area contributed by atoms with Crippen LogP contribution < -0.4 is 0 Å². The molecule has 1 aliphatic heterocycles. The molecule has 2 rings (SSSR count). The quantitative estimate of drug-likeness (QED) is 0.801. The van der Waals surface area contributed by atoms with Crippen molar-refractivity contribution in [3.63, 3.8) is 0 Å². The van der Waals surface area contributed by atoms with Crippen LogP contribution in [0.2, 0.25) is 10.0 Å². The fourth-order valence-corrected chi connectivity index (χ4v) is 2.95. The van der Waals surface area contributed by atoms with Crippen molar-refractivity contribution in [1.29, 1.82) is 0 Å². The molecule has 0 bridgehead atoms. The van der Waals surface area contributed by atoms with Crippen LogP contribution in [0.5, 0.6) is 0 Å². The molecule has 0 saturated carbocycles. The van der Waals surface area contributed by atoms with Crippen molar-refractivity contribution in [3.05, 3.63) is 33.3 Å². The topological polar surface area (TPSA) is 6.48 Å². The van der Waals surface area contributed by atoms with Crippen LogP contribution in [0.25, 0.3) is 0 Å². The minimum Gasteiger partial charge on any atom is -0.304 e. The third kappa shape index (κ3) is 6.15. The van der Waals surface area contributed by atoms with E-state index in [2.05, 4.69) is 16.8 Å². The lowest BCUT2D eigenvalue weighted by atomic mass is 10.1. The molecule has 0 amide bonds. The maximum atomic E-state index is 6.16. The second-order valence-electron chi connectivity index (χ2n) is 5.43. The second-order valence-corrected chi connectivity index (χ2v) is 6.25. The molecule has 0 aromatic heterocycles. The van der Waals surface area contributed by atoms with Gasteiger partial charge in [0.1, 0.15) is 0 Å². The molecular formula is C17H28Cl2N2. The average molecular weight is 331 g/mol. The van der Waals surface area contributed by atoms with Gasteiger partial charge in [-0.1, -0.05) is 37.0 Å². The smallest absolute Gasteiger partial charge is 0.0452 e. The molecule has 0 N–H and O–H groups in total. The van der Waals surface area contributed by atoms with Crippen LogP contribution >= 0.6 is 23.2 Å². The lowest BCUT2D eigenvalue weighted by Crippen LogP contribution is -2.44. The number of aryl methyl sites for hydroxylation is 1. The first-order valence-corrected chi connectivity index (χ1v) is 8.67. The highest BCUT2D eigenvalue weighted by Crippen LogP contribution is 2.26. The molecule has 1 fully saturated rings. The van der Waals surface area contributed by atoms with E-state index in [0.29, 0.717) is 0 Å². The number of benzene rings is 1. The summed E-state index contributed by atoms with van der Waals surface area (Å²) < 4.78 is 0. The van der Waals surface area contributed by atoms with Gasteiger partial charge in [0.15, 0.2) is 0 Å². The summed E-state index contributed by atoms with van der Waals surface area (Å²) in [6, 6.07) is 4.10. The van der Waals surface area contributed by atoms with Gasteiger partial charge in [-0.25, -0.2) is 0 Å². The molecule has 120 valence electrons.